The summed E-state index contributed by atoms with van der Waals surface area (Å²) >= 11 is 9.80. The third kappa shape index (κ3) is 1.94. The number of benzene rings is 1. The molecule has 0 unspecified atom stereocenters. The normalized spacial score (nSPS) is 10.5. The van der Waals surface area contributed by atoms with Crippen LogP contribution in [0, 0.1) is 5.82 Å². The van der Waals surface area contributed by atoms with Gasteiger partial charge in [-0.2, -0.15) is 4.37 Å². The monoisotopic (exact) mass is 292 g/mol. The number of rotatable bonds is 1. The lowest BCUT2D eigenvalue weighted by Crippen LogP contribution is -1.82. The minimum absolute atomic E-state index is 0.146. The number of halogens is 3. The van der Waals surface area contributed by atoms with Crippen LogP contribution < -0.4 is 0 Å². The van der Waals surface area contributed by atoms with Crippen molar-refractivity contribution in [1.82, 2.24) is 9.36 Å². The van der Waals surface area contributed by atoms with E-state index in [9.17, 15) is 4.39 Å². The average molecular weight is 294 g/mol. The molecule has 1 heterocycles. The molecule has 0 radical (unpaired) electrons. The van der Waals surface area contributed by atoms with Crippen LogP contribution in [0.3, 0.4) is 0 Å². The van der Waals surface area contributed by atoms with Gasteiger partial charge in [-0.3, -0.25) is 0 Å². The summed E-state index contributed by atoms with van der Waals surface area (Å²) in [7, 11) is 0. The molecule has 0 aliphatic carbocycles. The van der Waals surface area contributed by atoms with Gasteiger partial charge in [-0.25, -0.2) is 9.37 Å². The highest BCUT2D eigenvalue weighted by Gasteiger charge is 2.10. The van der Waals surface area contributed by atoms with E-state index < -0.39 is 0 Å². The van der Waals surface area contributed by atoms with E-state index in [4.69, 9.17) is 11.6 Å². The summed E-state index contributed by atoms with van der Waals surface area (Å²) in [6, 6.07) is 4.76. The Morgan fingerprint density at radius 3 is 2.79 bits per heavy atom. The summed E-state index contributed by atoms with van der Waals surface area (Å²) < 4.78 is 17.9. The van der Waals surface area contributed by atoms with Gasteiger partial charge in [0.25, 0.3) is 0 Å². The van der Waals surface area contributed by atoms with Crippen LogP contribution in [-0.2, 0) is 0 Å². The van der Waals surface area contributed by atoms with E-state index >= 15 is 0 Å². The number of hydrogen-bond acceptors (Lipinski definition) is 3. The van der Waals surface area contributed by atoms with E-state index in [0.717, 1.165) is 11.5 Å². The lowest BCUT2D eigenvalue weighted by atomic mass is 10.2. The Balaban J connectivity index is 2.52. The van der Waals surface area contributed by atoms with Crippen LogP contribution in [0.25, 0.3) is 10.6 Å². The second-order valence-electron chi connectivity index (χ2n) is 2.49. The molecular weight excluding hydrogens is 291 g/mol. The van der Waals surface area contributed by atoms with Crippen molar-refractivity contribution in [1.29, 1.82) is 0 Å². The summed E-state index contributed by atoms with van der Waals surface area (Å²) in [5.74, 6) is -0.341. The van der Waals surface area contributed by atoms with Crippen LogP contribution in [0.4, 0.5) is 4.39 Å². The minimum Gasteiger partial charge on any atom is -0.206 e. The van der Waals surface area contributed by atoms with Gasteiger partial charge in [0, 0.05) is 10.0 Å². The van der Waals surface area contributed by atoms with Gasteiger partial charge < -0.3 is 0 Å². The second-order valence-corrected chi connectivity index (χ2v) is 4.50. The van der Waals surface area contributed by atoms with Gasteiger partial charge in [0.15, 0.2) is 0 Å². The topological polar surface area (TPSA) is 25.8 Å². The first-order valence-electron chi connectivity index (χ1n) is 3.61. The van der Waals surface area contributed by atoms with Gasteiger partial charge in [-0.05, 0) is 41.3 Å². The van der Waals surface area contributed by atoms with E-state index in [-0.39, 0.29) is 11.1 Å². The Morgan fingerprint density at radius 1 is 1.43 bits per heavy atom. The summed E-state index contributed by atoms with van der Waals surface area (Å²) in [5.41, 5.74) is 0.414. The zero-order valence-corrected chi connectivity index (χ0v) is 9.83. The minimum atomic E-state index is -0.341. The lowest BCUT2D eigenvalue weighted by molar-refractivity contribution is 0.630. The zero-order chi connectivity index (χ0) is 10.1. The molecular formula is C8H3BrClFN2S. The molecule has 6 heteroatoms. The van der Waals surface area contributed by atoms with Crippen LogP contribution in [-0.4, -0.2) is 9.36 Å². The predicted octanol–water partition coefficient (Wildman–Crippen LogP) is 3.76. The largest absolute Gasteiger partial charge is 0.234 e. The summed E-state index contributed by atoms with van der Waals surface area (Å²) in [5, 5.41) is 0.632. The van der Waals surface area contributed by atoms with Gasteiger partial charge in [0.2, 0.25) is 5.28 Å². The van der Waals surface area contributed by atoms with Gasteiger partial charge in [-0.1, -0.05) is 15.9 Å². The first kappa shape index (κ1) is 10.0. The maximum atomic E-state index is 13.4. The average Bonchev–Trinajstić information content (AvgIpc) is 2.51. The maximum absolute atomic E-state index is 13.4. The fourth-order valence-electron chi connectivity index (χ4n) is 0.978. The third-order valence-corrected chi connectivity index (χ3v) is 3.07. The maximum Gasteiger partial charge on any atom is 0.234 e. The van der Waals surface area contributed by atoms with E-state index in [1.54, 1.807) is 12.1 Å². The van der Waals surface area contributed by atoms with Gasteiger partial charge in [-0.15, -0.1) is 0 Å². The van der Waals surface area contributed by atoms with Crippen molar-refractivity contribution in [2.24, 2.45) is 0 Å². The molecule has 0 bridgehead atoms. The van der Waals surface area contributed by atoms with Crippen LogP contribution in [0.2, 0.25) is 5.28 Å². The highest BCUT2D eigenvalue weighted by atomic mass is 79.9. The molecule has 2 rings (SSSR count). The molecule has 0 fully saturated rings. The molecule has 72 valence electrons. The van der Waals surface area contributed by atoms with Crippen molar-refractivity contribution in [2.45, 2.75) is 0 Å². The number of aromatic nitrogens is 2. The predicted molar refractivity (Wildman–Crippen MR) is 58.0 cm³/mol. The summed E-state index contributed by atoms with van der Waals surface area (Å²) in [6.07, 6.45) is 0. The Kier molecular flexibility index (Phi) is 2.80. The molecule has 0 atom stereocenters. The summed E-state index contributed by atoms with van der Waals surface area (Å²) in [6.45, 7) is 0. The first-order chi connectivity index (χ1) is 6.66. The van der Waals surface area contributed by atoms with E-state index in [1.807, 2.05) is 0 Å². The smallest absolute Gasteiger partial charge is 0.206 e. The Hall–Kier alpha value is -0.520. The molecule has 0 saturated heterocycles. The van der Waals surface area contributed by atoms with Crippen molar-refractivity contribution in [3.63, 3.8) is 0 Å². The van der Waals surface area contributed by atoms with Crippen molar-refractivity contribution in [3.05, 3.63) is 33.8 Å². The SMILES string of the molecule is Fc1cc(Br)ccc1-c1nc(Cl)ns1. The highest BCUT2D eigenvalue weighted by Crippen LogP contribution is 2.27. The fourth-order valence-corrected chi connectivity index (χ4v) is 2.14. The van der Waals surface area contributed by atoms with Crippen LogP contribution in [0.5, 0.6) is 0 Å². The standard InChI is InChI=1S/C8H3BrClFN2S/c9-4-1-2-5(6(11)3-4)7-12-8(10)13-14-7/h1-3H. The molecule has 2 nitrogen and oxygen atoms in total. The molecule has 0 aliphatic heterocycles. The van der Waals surface area contributed by atoms with Gasteiger partial charge >= 0.3 is 0 Å². The van der Waals surface area contributed by atoms with Crippen molar-refractivity contribution in [2.75, 3.05) is 0 Å². The van der Waals surface area contributed by atoms with E-state index in [1.165, 1.54) is 6.07 Å². The Bertz CT molecular complexity index is 474. The molecule has 1 aromatic carbocycles. The number of nitrogens with zero attached hydrogens (tertiary/aromatic N) is 2. The van der Waals surface area contributed by atoms with E-state index in [2.05, 4.69) is 25.3 Å². The molecule has 0 saturated carbocycles. The first-order valence-corrected chi connectivity index (χ1v) is 5.56. The third-order valence-electron chi connectivity index (χ3n) is 1.56. The van der Waals surface area contributed by atoms with Gasteiger partial charge in [0.05, 0.1) is 0 Å². The molecule has 14 heavy (non-hydrogen) atoms. The van der Waals surface area contributed by atoms with Crippen LogP contribution >= 0.6 is 39.1 Å². The molecule has 0 amide bonds. The fraction of sp³-hybridized carbons (Fsp3) is 0. The second kappa shape index (κ2) is 3.92. The summed E-state index contributed by atoms with van der Waals surface area (Å²) in [4.78, 5) is 3.89. The molecule has 0 spiro atoms. The Morgan fingerprint density at radius 2 is 2.21 bits per heavy atom. The molecule has 0 aliphatic rings. The zero-order valence-electron chi connectivity index (χ0n) is 6.67. The van der Waals surface area contributed by atoms with Crippen LogP contribution in [0.15, 0.2) is 22.7 Å². The van der Waals surface area contributed by atoms with E-state index in [0.29, 0.717) is 15.0 Å². The quantitative estimate of drug-likeness (QED) is 0.800. The molecule has 2 aromatic rings. The van der Waals surface area contributed by atoms with Crippen molar-refractivity contribution < 1.29 is 4.39 Å². The highest BCUT2D eigenvalue weighted by molar-refractivity contribution is 9.10. The van der Waals surface area contributed by atoms with Crippen molar-refractivity contribution in [3.8, 4) is 10.6 Å². The lowest BCUT2D eigenvalue weighted by Gasteiger charge is -1.97. The number of hydrogen-bond donors (Lipinski definition) is 0. The van der Waals surface area contributed by atoms with Gasteiger partial charge in [0.1, 0.15) is 10.8 Å². The van der Waals surface area contributed by atoms with Crippen molar-refractivity contribution >= 4 is 39.1 Å². The molecule has 1 aromatic heterocycles. The Labute approximate surface area is 97.0 Å². The van der Waals surface area contributed by atoms with Crippen LogP contribution in [0.1, 0.15) is 0 Å². The molecule has 0 N–H and O–H groups in total.